The van der Waals surface area contributed by atoms with E-state index < -0.39 is 5.41 Å². The van der Waals surface area contributed by atoms with Crippen LogP contribution in [0.15, 0.2) is 0 Å². The van der Waals surface area contributed by atoms with Crippen LogP contribution in [-0.4, -0.2) is 24.4 Å². The van der Waals surface area contributed by atoms with Crippen molar-refractivity contribution in [2.45, 2.75) is 47.5 Å². The van der Waals surface area contributed by atoms with Crippen LogP contribution < -0.4 is 0 Å². The molecule has 0 aromatic heterocycles. The maximum absolute atomic E-state index is 12.2. The lowest BCUT2D eigenvalue weighted by Gasteiger charge is -2.32. The normalized spacial score (nSPS) is 12.1. The molecule has 0 bridgehead atoms. The van der Waals surface area contributed by atoms with Gasteiger partial charge in [-0.3, -0.25) is 4.79 Å². The van der Waals surface area contributed by atoms with Gasteiger partial charge in [0, 0.05) is 13.6 Å². The van der Waals surface area contributed by atoms with Crippen LogP contribution >= 0.6 is 0 Å². The van der Waals surface area contributed by atoms with E-state index in [9.17, 15) is 10.1 Å². The lowest BCUT2D eigenvalue weighted by atomic mass is 9.82. The van der Waals surface area contributed by atoms with Crippen molar-refractivity contribution in [1.82, 2.24) is 4.90 Å². The number of carbonyl (C=O) groups is 1. The van der Waals surface area contributed by atoms with Crippen molar-refractivity contribution in [2.24, 2.45) is 10.8 Å². The van der Waals surface area contributed by atoms with Crippen molar-refractivity contribution in [3.63, 3.8) is 0 Å². The molecule has 0 aromatic rings. The lowest BCUT2D eigenvalue weighted by molar-refractivity contribution is -0.139. The van der Waals surface area contributed by atoms with E-state index in [-0.39, 0.29) is 11.3 Å². The van der Waals surface area contributed by atoms with Gasteiger partial charge >= 0.3 is 0 Å². The maximum Gasteiger partial charge on any atom is 0.242 e. The van der Waals surface area contributed by atoms with Crippen molar-refractivity contribution in [2.75, 3.05) is 13.6 Å². The molecule has 0 heterocycles. The van der Waals surface area contributed by atoms with Gasteiger partial charge in [-0.05, 0) is 18.3 Å². The Morgan fingerprint density at radius 2 is 1.69 bits per heavy atom. The number of hydrogen-bond acceptors (Lipinski definition) is 2. The molecular weight excluding hydrogens is 200 g/mol. The van der Waals surface area contributed by atoms with Gasteiger partial charge in [-0.25, -0.2) is 0 Å². The number of hydrogen-bond donors (Lipinski definition) is 0. The molecule has 3 heteroatoms. The molecular formula is C13H24N2O. The van der Waals surface area contributed by atoms with Crippen LogP contribution in [0.5, 0.6) is 0 Å². The summed E-state index contributed by atoms with van der Waals surface area (Å²) in [6.07, 6.45) is 1.15. The smallest absolute Gasteiger partial charge is 0.242 e. The summed E-state index contributed by atoms with van der Waals surface area (Å²) in [5.74, 6) is -0.0464. The molecule has 0 unspecified atom stereocenters. The van der Waals surface area contributed by atoms with Crippen LogP contribution in [0.4, 0.5) is 0 Å². The van der Waals surface area contributed by atoms with Crippen LogP contribution in [0, 0.1) is 22.2 Å². The highest BCUT2D eigenvalue weighted by molar-refractivity contribution is 5.85. The molecule has 92 valence electrons. The van der Waals surface area contributed by atoms with Crippen molar-refractivity contribution in [3.05, 3.63) is 0 Å². The molecule has 0 radical (unpaired) electrons. The summed E-state index contributed by atoms with van der Waals surface area (Å²) in [6.45, 7) is 10.7. The van der Waals surface area contributed by atoms with Gasteiger partial charge in [-0.15, -0.1) is 0 Å². The summed E-state index contributed by atoms with van der Waals surface area (Å²) in [6, 6.07) is 2.19. The zero-order valence-electron chi connectivity index (χ0n) is 11.4. The second-order valence-electron chi connectivity index (χ2n) is 5.62. The third-order valence-electron chi connectivity index (χ3n) is 2.89. The summed E-state index contributed by atoms with van der Waals surface area (Å²) >= 11 is 0. The monoisotopic (exact) mass is 224 g/mol. The molecule has 1 amide bonds. The summed E-state index contributed by atoms with van der Waals surface area (Å²) in [5, 5.41) is 9.20. The number of amides is 1. The first-order chi connectivity index (χ1) is 7.22. The summed E-state index contributed by atoms with van der Waals surface area (Å²) in [5.41, 5.74) is -0.771. The van der Waals surface area contributed by atoms with Gasteiger partial charge in [0.05, 0.1) is 6.07 Å². The molecule has 0 saturated carbocycles. The minimum Gasteiger partial charge on any atom is -0.344 e. The Kier molecular flexibility index (Phi) is 4.99. The topological polar surface area (TPSA) is 44.1 Å². The molecule has 0 spiro atoms. The number of carbonyl (C=O) groups excluding carboxylic acids is 1. The quantitative estimate of drug-likeness (QED) is 0.737. The summed E-state index contributed by atoms with van der Waals surface area (Å²) in [4.78, 5) is 13.9. The van der Waals surface area contributed by atoms with Crippen molar-refractivity contribution < 1.29 is 4.79 Å². The fourth-order valence-electron chi connectivity index (χ4n) is 1.91. The highest BCUT2D eigenvalue weighted by atomic mass is 16.2. The van der Waals surface area contributed by atoms with Gasteiger partial charge in [0.25, 0.3) is 0 Å². The van der Waals surface area contributed by atoms with E-state index in [0.717, 1.165) is 0 Å². The first-order valence-electron chi connectivity index (χ1n) is 5.89. The molecule has 0 aliphatic heterocycles. The third-order valence-corrected chi connectivity index (χ3v) is 2.89. The highest BCUT2D eigenvalue weighted by Gasteiger charge is 2.37. The second-order valence-corrected chi connectivity index (χ2v) is 5.62. The van der Waals surface area contributed by atoms with E-state index in [1.54, 1.807) is 11.9 Å². The van der Waals surface area contributed by atoms with Crippen LogP contribution in [0.1, 0.15) is 47.5 Å². The standard InChI is InChI=1S/C13H24N2O/c1-7-13(8-2,9-14)11(16)15(6)10-12(3,4)5/h7-8,10H2,1-6H3. The predicted octanol–water partition coefficient (Wildman–Crippen LogP) is 2.82. The van der Waals surface area contributed by atoms with Gasteiger partial charge in [0.1, 0.15) is 5.41 Å². The third kappa shape index (κ3) is 3.52. The Morgan fingerprint density at radius 1 is 1.25 bits per heavy atom. The molecule has 0 N–H and O–H groups in total. The van der Waals surface area contributed by atoms with E-state index >= 15 is 0 Å². The minimum atomic E-state index is -0.833. The van der Waals surface area contributed by atoms with Gasteiger partial charge < -0.3 is 4.90 Å². The molecule has 0 atom stereocenters. The van der Waals surface area contributed by atoms with Gasteiger partial charge in [-0.1, -0.05) is 34.6 Å². The Hall–Kier alpha value is -1.04. The van der Waals surface area contributed by atoms with E-state index in [1.165, 1.54) is 0 Å². The molecule has 0 rings (SSSR count). The van der Waals surface area contributed by atoms with E-state index in [1.807, 2.05) is 13.8 Å². The van der Waals surface area contributed by atoms with Crippen LogP contribution in [-0.2, 0) is 4.79 Å². The molecule has 16 heavy (non-hydrogen) atoms. The summed E-state index contributed by atoms with van der Waals surface area (Å²) in [7, 11) is 1.78. The highest BCUT2D eigenvalue weighted by Crippen LogP contribution is 2.28. The predicted molar refractivity (Wildman–Crippen MR) is 65.7 cm³/mol. The zero-order chi connectivity index (χ0) is 13.0. The van der Waals surface area contributed by atoms with Crippen LogP contribution in [0.25, 0.3) is 0 Å². The van der Waals surface area contributed by atoms with E-state index in [2.05, 4.69) is 26.8 Å². The van der Waals surface area contributed by atoms with Crippen LogP contribution in [0.2, 0.25) is 0 Å². The average molecular weight is 224 g/mol. The first kappa shape index (κ1) is 15.0. The van der Waals surface area contributed by atoms with Crippen LogP contribution in [0.3, 0.4) is 0 Å². The Bertz CT molecular complexity index is 279. The number of nitrogens with zero attached hydrogens (tertiary/aromatic N) is 2. The molecule has 0 aliphatic rings. The van der Waals surface area contributed by atoms with Gasteiger partial charge in [0.2, 0.25) is 5.91 Å². The van der Waals surface area contributed by atoms with E-state index in [4.69, 9.17) is 0 Å². The fourth-order valence-corrected chi connectivity index (χ4v) is 1.91. The van der Waals surface area contributed by atoms with E-state index in [0.29, 0.717) is 19.4 Å². The Morgan fingerprint density at radius 3 is 1.94 bits per heavy atom. The Labute approximate surface area is 99.4 Å². The van der Waals surface area contributed by atoms with Crippen molar-refractivity contribution >= 4 is 5.91 Å². The molecule has 0 saturated heterocycles. The largest absolute Gasteiger partial charge is 0.344 e. The second kappa shape index (κ2) is 5.34. The van der Waals surface area contributed by atoms with Crippen molar-refractivity contribution in [1.29, 1.82) is 5.26 Å². The molecule has 0 aromatic carbocycles. The molecule has 0 aliphatic carbocycles. The van der Waals surface area contributed by atoms with Crippen molar-refractivity contribution in [3.8, 4) is 6.07 Å². The minimum absolute atomic E-state index is 0.0464. The zero-order valence-corrected chi connectivity index (χ0v) is 11.4. The first-order valence-corrected chi connectivity index (χ1v) is 5.89. The number of rotatable bonds is 4. The van der Waals surface area contributed by atoms with Gasteiger partial charge in [-0.2, -0.15) is 5.26 Å². The fraction of sp³-hybridized carbons (Fsp3) is 0.846. The molecule has 3 nitrogen and oxygen atoms in total. The maximum atomic E-state index is 12.2. The lowest BCUT2D eigenvalue weighted by Crippen LogP contribution is -2.43. The number of nitriles is 1. The average Bonchev–Trinajstić information content (AvgIpc) is 2.18. The SMILES string of the molecule is CCC(C#N)(CC)C(=O)N(C)CC(C)(C)C. The molecule has 0 fully saturated rings. The van der Waals surface area contributed by atoms with Gasteiger partial charge in [0.15, 0.2) is 0 Å². The summed E-state index contributed by atoms with van der Waals surface area (Å²) < 4.78 is 0. The Balaban J connectivity index is 4.85.